The standard InChI is InChI=1S/C27H35F2N5O3/c1-16-23(10-19-8-9-34(13-19)14-24(28)29)31-27(32-26(16)25-17(2)33-37-18(25)3)20-6-5-7-22(11-20)36-15-21(35)12-30-4/h5-7,11,19,21,24,30,35H,8-10,12-15H2,1-4H3. The van der Waals surface area contributed by atoms with Crippen LogP contribution in [0.4, 0.5) is 8.78 Å². The molecule has 8 nitrogen and oxygen atoms in total. The van der Waals surface area contributed by atoms with E-state index in [1.165, 1.54) is 0 Å². The summed E-state index contributed by atoms with van der Waals surface area (Å²) >= 11 is 0. The number of aryl methyl sites for hydroxylation is 2. The van der Waals surface area contributed by atoms with Crippen LogP contribution in [0.3, 0.4) is 0 Å². The Labute approximate surface area is 216 Å². The fraction of sp³-hybridized carbons (Fsp3) is 0.519. The lowest BCUT2D eigenvalue weighted by atomic mass is 9.96. The normalized spacial score (nSPS) is 17.0. The van der Waals surface area contributed by atoms with Gasteiger partial charge in [0, 0.05) is 24.3 Å². The number of aromatic nitrogens is 3. The fourth-order valence-corrected chi connectivity index (χ4v) is 4.88. The predicted octanol–water partition coefficient (Wildman–Crippen LogP) is 3.81. The first-order valence-corrected chi connectivity index (χ1v) is 12.6. The largest absolute Gasteiger partial charge is 0.491 e. The maximum atomic E-state index is 12.9. The number of aliphatic hydroxyl groups excluding tert-OH is 1. The molecule has 2 atom stereocenters. The van der Waals surface area contributed by atoms with Crippen molar-refractivity contribution in [3.8, 4) is 28.4 Å². The summed E-state index contributed by atoms with van der Waals surface area (Å²) in [6.07, 6.45) is -1.43. The second kappa shape index (κ2) is 12.1. The second-order valence-corrected chi connectivity index (χ2v) is 9.73. The number of aliphatic hydroxyl groups is 1. The average Bonchev–Trinajstić information content (AvgIpc) is 3.44. The van der Waals surface area contributed by atoms with Crippen molar-refractivity contribution in [2.45, 2.75) is 46.1 Å². The van der Waals surface area contributed by atoms with Gasteiger partial charge in [-0.2, -0.15) is 0 Å². The molecule has 2 aromatic heterocycles. The van der Waals surface area contributed by atoms with Crippen molar-refractivity contribution in [2.75, 3.05) is 39.8 Å². The maximum absolute atomic E-state index is 12.9. The number of rotatable bonds is 11. The van der Waals surface area contributed by atoms with E-state index in [1.807, 2.05) is 49.9 Å². The van der Waals surface area contributed by atoms with Gasteiger partial charge in [0.2, 0.25) is 0 Å². The first-order valence-electron chi connectivity index (χ1n) is 12.6. The first-order chi connectivity index (χ1) is 17.7. The molecule has 1 aliphatic rings. The minimum Gasteiger partial charge on any atom is -0.491 e. The van der Waals surface area contributed by atoms with E-state index in [0.717, 1.165) is 40.2 Å². The number of hydrogen-bond donors (Lipinski definition) is 2. The van der Waals surface area contributed by atoms with E-state index in [1.54, 1.807) is 7.05 Å². The zero-order valence-electron chi connectivity index (χ0n) is 21.8. The summed E-state index contributed by atoms with van der Waals surface area (Å²) in [6.45, 7) is 7.44. The van der Waals surface area contributed by atoms with Crippen molar-refractivity contribution in [1.29, 1.82) is 0 Å². The number of halogens is 2. The van der Waals surface area contributed by atoms with E-state index in [9.17, 15) is 13.9 Å². The minimum absolute atomic E-state index is 0.158. The summed E-state index contributed by atoms with van der Waals surface area (Å²) in [4.78, 5) is 11.7. The van der Waals surface area contributed by atoms with E-state index in [2.05, 4.69) is 10.5 Å². The van der Waals surface area contributed by atoms with E-state index in [0.29, 0.717) is 43.4 Å². The number of nitrogens with one attached hydrogen (secondary N) is 1. The van der Waals surface area contributed by atoms with E-state index in [4.69, 9.17) is 19.2 Å². The van der Waals surface area contributed by atoms with Gasteiger partial charge in [-0.15, -0.1) is 0 Å². The van der Waals surface area contributed by atoms with E-state index < -0.39 is 12.5 Å². The van der Waals surface area contributed by atoms with Gasteiger partial charge in [-0.05, 0) is 70.8 Å². The molecule has 3 heterocycles. The average molecular weight is 516 g/mol. The van der Waals surface area contributed by atoms with Crippen LogP contribution in [-0.4, -0.2) is 77.5 Å². The molecule has 37 heavy (non-hydrogen) atoms. The molecule has 200 valence electrons. The SMILES string of the molecule is CNCC(O)COc1cccc(-c2nc(CC3CCN(CC(F)F)C3)c(C)c(-c3c(C)noc3C)n2)c1. The lowest BCUT2D eigenvalue weighted by Gasteiger charge is -2.17. The smallest absolute Gasteiger partial charge is 0.251 e. The topological polar surface area (TPSA) is 96.5 Å². The highest BCUT2D eigenvalue weighted by atomic mass is 19.3. The van der Waals surface area contributed by atoms with Crippen molar-refractivity contribution >= 4 is 0 Å². The third-order valence-electron chi connectivity index (χ3n) is 6.74. The molecule has 2 unspecified atom stereocenters. The van der Waals surface area contributed by atoms with Gasteiger partial charge in [-0.1, -0.05) is 17.3 Å². The van der Waals surface area contributed by atoms with Crippen molar-refractivity contribution in [3.63, 3.8) is 0 Å². The van der Waals surface area contributed by atoms with Crippen molar-refractivity contribution in [3.05, 3.63) is 47.0 Å². The maximum Gasteiger partial charge on any atom is 0.251 e. The monoisotopic (exact) mass is 515 g/mol. The molecule has 0 spiro atoms. The van der Waals surface area contributed by atoms with Crippen LogP contribution in [0.25, 0.3) is 22.6 Å². The zero-order valence-corrected chi connectivity index (χ0v) is 21.8. The summed E-state index contributed by atoms with van der Waals surface area (Å²) in [6, 6.07) is 7.47. The lowest BCUT2D eigenvalue weighted by Crippen LogP contribution is -2.29. The number of ether oxygens (including phenoxy) is 1. The van der Waals surface area contributed by atoms with Crippen LogP contribution in [0.1, 0.15) is 29.1 Å². The van der Waals surface area contributed by atoms with Gasteiger partial charge in [0.25, 0.3) is 6.43 Å². The number of benzene rings is 1. The number of likely N-dealkylation sites (N-methyl/N-ethyl adjacent to an activating group) is 1. The fourth-order valence-electron chi connectivity index (χ4n) is 4.88. The van der Waals surface area contributed by atoms with Crippen molar-refractivity contribution < 1.29 is 23.1 Å². The quantitative estimate of drug-likeness (QED) is 0.398. The van der Waals surface area contributed by atoms with Crippen LogP contribution in [0.15, 0.2) is 28.8 Å². The number of likely N-dealkylation sites (tertiary alicyclic amines) is 1. The Kier molecular flexibility index (Phi) is 8.83. The van der Waals surface area contributed by atoms with E-state index in [-0.39, 0.29) is 19.1 Å². The van der Waals surface area contributed by atoms with Gasteiger partial charge < -0.3 is 19.7 Å². The molecule has 0 saturated carbocycles. The Morgan fingerprint density at radius 1 is 1.24 bits per heavy atom. The molecule has 1 saturated heterocycles. The van der Waals surface area contributed by atoms with Crippen molar-refractivity contribution in [2.24, 2.45) is 5.92 Å². The molecule has 4 rings (SSSR count). The Hall–Kier alpha value is -2.95. The van der Waals surface area contributed by atoms with Gasteiger partial charge in [0.1, 0.15) is 24.2 Å². The molecular weight excluding hydrogens is 480 g/mol. The Morgan fingerprint density at radius 2 is 2.05 bits per heavy atom. The molecule has 1 fully saturated rings. The number of alkyl halides is 2. The zero-order chi connectivity index (χ0) is 26.5. The van der Waals surface area contributed by atoms with Crippen LogP contribution < -0.4 is 10.1 Å². The highest BCUT2D eigenvalue weighted by molar-refractivity contribution is 5.71. The Morgan fingerprint density at radius 3 is 2.76 bits per heavy atom. The predicted molar refractivity (Wildman–Crippen MR) is 137 cm³/mol. The van der Waals surface area contributed by atoms with Crippen LogP contribution in [0.5, 0.6) is 5.75 Å². The van der Waals surface area contributed by atoms with Gasteiger partial charge in [0.05, 0.1) is 23.5 Å². The first kappa shape index (κ1) is 27.1. The summed E-state index contributed by atoms with van der Waals surface area (Å²) < 4.78 is 37.0. The van der Waals surface area contributed by atoms with E-state index >= 15 is 0 Å². The minimum atomic E-state index is -2.33. The molecule has 3 aromatic rings. The third kappa shape index (κ3) is 6.68. The summed E-state index contributed by atoms with van der Waals surface area (Å²) in [5, 5.41) is 17.0. The molecule has 10 heteroatoms. The molecule has 0 bridgehead atoms. The molecule has 1 aromatic carbocycles. The highest BCUT2D eigenvalue weighted by Gasteiger charge is 2.27. The van der Waals surface area contributed by atoms with Crippen molar-refractivity contribution in [1.82, 2.24) is 25.3 Å². The summed E-state index contributed by atoms with van der Waals surface area (Å²) in [5.41, 5.74) is 4.95. The Bertz CT molecular complexity index is 1180. The van der Waals surface area contributed by atoms with Gasteiger partial charge >= 0.3 is 0 Å². The number of nitrogens with zero attached hydrogens (tertiary/aromatic N) is 4. The molecule has 0 amide bonds. The third-order valence-corrected chi connectivity index (χ3v) is 6.74. The highest BCUT2D eigenvalue weighted by Crippen LogP contribution is 2.33. The van der Waals surface area contributed by atoms with Crippen LogP contribution in [0, 0.1) is 26.7 Å². The number of hydrogen-bond acceptors (Lipinski definition) is 8. The van der Waals surface area contributed by atoms with Gasteiger partial charge in [0.15, 0.2) is 5.82 Å². The van der Waals surface area contributed by atoms with Crippen LogP contribution in [-0.2, 0) is 6.42 Å². The summed E-state index contributed by atoms with van der Waals surface area (Å²) in [5.74, 6) is 2.06. The van der Waals surface area contributed by atoms with Gasteiger partial charge in [-0.25, -0.2) is 18.7 Å². The molecule has 0 radical (unpaired) electrons. The van der Waals surface area contributed by atoms with Crippen LogP contribution >= 0.6 is 0 Å². The summed E-state index contributed by atoms with van der Waals surface area (Å²) in [7, 11) is 1.77. The molecule has 1 aliphatic heterocycles. The molecular formula is C27H35F2N5O3. The van der Waals surface area contributed by atoms with Gasteiger partial charge in [-0.3, -0.25) is 4.90 Å². The lowest BCUT2D eigenvalue weighted by molar-refractivity contribution is 0.0979. The molecule has 2 N–H and O–H groups in total. The van der Waals surface area contributed by atoms with Crippen LogP contribution in [0.2, 0.25) is 0 Å². The molecule has 0 aliphatic carbocycles. The Balaban J connectivity index is 1.67. The second-order valence-electron chi connectivity index (χ2n) is 9.73.